The number of nitrogens with one attached hydrogen (secondary N) is 1. The number of hydrogen-bond donors (Lipinski definition) is 7. The van der Waals surface area contributed by atoms with Gasteiger partial charge >= 0.3 is 0 Å². The maximum atomic E-state index is 10.9. The minimum atomic E-state index is -1.55. The molecule has 1 heterocycles. The molecule has 0 aliphatic carbocycles. The third-order valence-corrected chi connectivity index (χ3v) is 12.9. The quantitative estimate of drug-likeness (QED) is 0.0178. The van der Waals surface area contributed by atoms with E-state index in [0.717, 1.165) is 32.1 Å². The molecule has 1 rings (SSSR count). The molecule has 0 aromatic heterocycles. The fourth-order valence-corrected chi connectivity index (χ4v) is 8.58. The molecule has 0 spiro atoms. The molecule has 0 aromatic carbocycles. The molecule has 1 aliphatic rings. The van der Waals surface area contributed by atoms with Gasteiger partial charge in [-0.15, -0.1) is 0 Å². The van der Waals surface area contributed by atoms with E-state index in [4.69, 9.17) is 14.5 Å². The molecule has 0 aromatic rings. The summed E-state index contributed by atoms with van der Waals surface area (Å²) in [5.41, 5.74) is 0. The van der Waals surface area contributed by atoms with E-state index < -0.39 is 55.6 Å². The monoisotopic (exact) mass is 860 g/mol. The number of ether oxygens (including phenoxy) is 1. The number of unbranched alkanes of at least 4 members (excludes halogenated alkanes) is 32. The second kappa shape index (κ2) is 41.3. The Morgan fingerprint density at radius 2 is 0.833 bits per heavy atom. The zero-order valence-electron chi connectivity index (χ0n) is 39.5. The van der Waals surface area contributed by atoms with Crippen LogP contribution in [0.25, 0.3) is 0 Å². The maximum absolute atomic E-state index is 10.9. The van der Waals surface area contributed by atoms with Gasteiger partial charge in [0.05, 0.1) is 18.8 Å². The maximum Gasteiger partial charge on any atom is 0.220 e. The summed E-state index contributed by atoms with van der Waals surface area (Å²) < 4.78 is 5.47. The van der Waals surface area contributed by atoms with E-state index in [1.807, 2.05) is 6.92 Å². The van der Waals surface area contributed by atoms with E-state index in [1.54, 1.807) is 0 Å². The highest BCUT2D eigenvalue weighted by molar-refractivity contribution is 4.88. The molecule has 1 unspecified atom stereocenters. The number of aliphatic hydroxyl groups excluding tert-OH is 6. The Labute approximate surface area is 369 Å². The topological polar surface area (TPSA) is 161 Å². The lowest BCUT2D eigenvalue weighted by atomic mass is 9.99. The minimum Gasteiger partial charge on any atom is -0.394 e. The predicted octanol–water partition coefficient (Wildman–Crippen LogP) is 10.9. The van der Waals surface area contributed by atoms with Gasteiger partial charge < -0.3 is 40.7 Å². The highest BCUT2D eigenvalue weighted by atomic mass is 17.2. The van der Waals surface area contributed by atoms with E-state index in [2.05, 4.69) is 19.2 Å². The lowest BCUT2D eigenvalue weighted by Crippen LogP contribution is -2.59. The van der Waals surface area contributed by atoms with Crippen molar-refractivity contribution in [3.8, 4) is 0 Å². The van der Waals surface area contributed by atoms with Gasteiger partial charge in [0, 0.05) is 12.6 Å². The Balaban J connectivity index is 2.28. The summed E-state index contributed by atoms with van der Waals surface area (Å²) in [5.74, 6) is 0. The molecule has 10 heteroatoms. The molecule has 7 N–H and O–H groups in total. The predicted molar refractivity (Wildman–Crippen MR) is 247 cm³/mol. The molecular weight excluding hydrogens is 759 g/mol. The third kappa shape index (κ3) is 30.6. The first kappa shape index (κ1) is 57.6. The van der Waals surface area contributed by atoms with Crippen molar-refractivity contribution in [3.63, 3.8) is 0 Å². The fourth-order valence-electron chi connectivity index (χ4n) is 8.58. The zero-order chi connectivity index (χ0) is 43.9. The van der Waals surface area contributed by atoms with Crippen molar-refractivity contribution in [3.05, 3.63) is 0 Å². The average Bonchev–Trinajstić information content (AvgIpc) is 3.25. The lowest BCUT2D eigenvalue weighted by molar-refractivity contribution is -0.439. The Morgan fingerprint density at radius 1 is 0.483 bits per heavy atom. The van der Waals surface area contributed by atoms with Gasteiger partial charge in [0.25, 0.3) is 0 Å². The first-order chi connectivity index (χ1) is 29.3. The zero-order valence-corrected chi connectivity index (χ0v) is 39.5. The molecule has 360 valence electrons. The van der Waals surface area contributed by atoms with Crippen LogP contribution in [0.3, 0.4) is 0 Å². The first-order valence-corrected chi connectivity index (χ1v) is 26.0. The lowest BCUT2D eigenvalue weighted by Gasteiger charge is -2.39. The summed E-state index contributed by atoms with van der Waals surface area (Å²) in [4.78, 5) is 11.2. The SMILES string of the molecule is CCCCCCCCCCCCCCCCCCCCCCCCC(CN[C@@H](C)[C@H](O)[C@@H](O)CCCCCCCCCCCCCC)OO[C@H]1O[C@H](CO)[C@H](O)[C@H](O)[C@H]1O. The van der Waals surface area contributed by atoms with Crippen LogP contribution >= 0.6 is 0 Å². The van der Waals surface area contributed by atoms with Crippen molar-refractivity contribution in [2.45, 2.75) is 307 Å². The standard InChI is InChI=1S/C50H101NO9/c1-4-6-8-10-12-14-16-18-19-20-21-22-23-24-25-26-27-28-30-32-34-36-38-43(59-60-50-49(57)48(56)47(55)45(41-52)58-50)40-51-42(3)46(54)44(53)39-37-35-33-31-29-17-15-13-11-9-7-5-2/h42-57H,4-41H2,1-3H3/t42-,43?,44-,45+,46-,47-,48-,49+,50+/m0/s1. The highest BCUT2D eigenvalue weighted by Crippen LogP contribution is 2.24. The summed E-state index contributed by atoms with van der Waals surface area (Å²) in [6.45, 7) is 6.17. The van der Waals surface area contributed by atoms with E-state index in [-0.39, 0.29) is 6.04 Å². The third-order valence-electron chi connectivity index (χ3n) is 12.9. The molecule has 0 bridgehead atoms. The molecule has 10 nitrogen and oxygen atoms in total. The van der Waals surface area contributed by atoms with Crippen molar-refractivity contribution in [2.24, 2.45) is 0 Å². The molecule has 60 heavy (non-hydrogen) atoms. The minimum absolute atomic E-state index is 0.334. The van der Waals surface area contributed by atoms with Gasteiger partial charge in [0.15, 0.2) is 0 Å². The van der Waals surface area contributed by atoms with E-state index >= 15 is 0 Å². The summed E-state index contributed by atoms with van der Waals surface area (Å²) in [5, 5.41) is 65.3. The van der Waals surface area contributed by atoms with Gasteiger partial charge in [0.2, 0.25) is 6.29 Å². The van der Waals surface area contributed by atoms with Crippen LogP contribution in [-0.2, 0) is 14.5 Å². The Bertz CT molecular complexity index is 885. The van der Waals surface area contributed by atoms with Gasteiger partial charge in [0.1, 0.15) is 30.5 Å². The summed E-state index contributed by atoms with van der Waals surface area (Å²) in [7, 11) is 0. The number of aliphatic hydroxyl groups is 6. The van der Waals surface area contributed by atoms with Crippen LogP contribution in [0.4, 0.5) is 0 Å². The van der Waals surface area contributed by atoms with E-state index in [9.17, 15) is 30.6 Å². The number of rotatable bonds is 45. The van der Waals surface area contributed by atoms with Crippen LogP contribution in [-0.4, -0.2) is 98.9 Å². The molecule has 1 aliphatic heterocycles. The van der Waals surface area contributed by atoms with Gasteiger partial charge in [-0.05, 0) is 19.8 Å². The molecule has 0 saturated carbocycles. The van der Waals surface area contributed by atoms with Crippen LogP contribution in [0.15, 0.2) is 0 Å². The summed E-state index contributed by atoms with van der Waals surface area (Å²) in [6, 6.07) is -0.389. The fraction of sp³-hybridized carbons (Fsp3) is 1.00. The number of hydrogen-bond acceptors (Lipinski definition) is 10. The van der Waals surface area contributed by atoms with Gasteiger partial charge in [-0.1, -0.05) is 232 Å². The molecule has 9 atom stereocenters. The molecule has 0 amide bonds. The average molecular weight is 860 g/mol. The van der Waals surface area contributed by atoms with Crippen molar-refractivity contribution < 1.29 is 45.2 Å². The van der Waals surface area contributed by atoms with Crippen molar-refractivity contribution >= 4 is 0 Å². The van der Waals surface area contributed by atoms with Crippen LogP contribution in [0.1, 0.15) is 252 Å². The highest BCUT2D eigenvalue weighted by Gasteiger charge is 2.45. The van der Waals surface area contributed by atoms with Gasteiger partial charge in [-0.25, -0.2) is 9.78 Å². The van der Waals surface area contributed by atoms with Crippen LogP contribution in [0.2, 0.25) is 0 Å². The summed E-state index contributed by atoms with van der Waals surface area (Å²) >= 11 is 0. The van der Waals surface area contributed by atoms with Gasteiger partial charge in [-0.2, -0.15) is 0 Å². The Morgan fingerprint density at radius 3 is 1.20 bits per heavy atom. The van der Waals surface area contributed by atoms with E-state index in [1.165, 1.54) is 186 Å². The van der Waals surface area contributed by atoms with Gasteiger partial charge in [-0.3, -0.25) is 0 Å². The van der Waals surface area contributed by atoms with Crippen LogP contribution in [0, 0.1) is 0 Å². The largest absolute Gasteiger partial charge is 0.394 e. The second-order valence-electron chi connectivity index (χ2n) is 18.7. The second-order valence-corrected chi connectivity index (χ2v) is 18.7. The van der Waals surface area contributed by atoms with Crippen LogP contribution < -0.4 is 5.32 Å². The molecule has 0 radical (unpaired) electrons. The first-order valence-electron chi connectivity index (χ1n) is 26.0. The van der Waals surface area contributed by atoms with Crippen molar-refractivity contribution in [1.29, 1.82) is 0 Å². The Hall–Kier alpha value is -0.400. The summed E-state index contributed by atoms with van der Waals surface area (Å²) in [6.07, 6.45) is 36.2. The van der Waals surface area contributed by atoms with Crippen molar-refractivity contribution in [1.82, 2.24) is 5.32 Å². The Kier molecular flexibility index (Phi) is 39.7. The normalized spacial score (nSPS) is 21.6. The molecular formula is C50H101NO9. The van der Waals surface area contributed by atoms with Crippen LogP contribution in [0.5, 0.6) is 0 Å². The van der Waals surface area contributed by atoms with Crippen molar-refractivity contribution in [2.75, 3.05) is 13.2 Å². The molecule has 1 fully saturated rings. The van der Waals surface area contributed by atoms with E-state index in [0.29, 0.717) is 19.4 Å². The smallest absolute Gasteiger partial charge is 0.220 e. The molecule has 1 saturated heterocycles.